The lowest BCUT2D eigenvalue weighted by atomic mass is 9.80. The predicted molar refractivity (Wildman–Crippen MR) is 145 cm³/mol. The Balaban J connectivity index is 1.90. The number of nitrogens with one attached hydrogen (secondary N) is 3. The summed E-state index contributed by atoms with van der Waals surface area (Å²) in [5.41, 5.74) is 3.95. The van der Waals surface area contributed by atoms with Gasteiger partial charge in [0.05, 0.1) is 5.56 Å². The molecule has 2 aromatic rings. The molecule has 212 valence electrons. The third kappa shape index (κ3) is 5.87. The van der Waals surface area contributed by atoms with E-state index in [4.69, 9.17) is 5.11 Å². The van der Waals surface area contributed by atoms with Crippen molar-refractivity contribution < 1.29 is 39.4 Å². The van der Waals surface area contributed by atoms with Gasteiger partial charge < -0.3 is 15.5 Å². The van der Waals surface area contributed by atoms with E-state index in [-0.39, 0.29) is 35.6 Å². The summed E-state index contributed by atoms with van der Waals surface area (Å²) < 4.78 is -1.05. The highest BCUT2D eigenvalue weighted by atomic mass is 16.5. The van der Waals surface area contributed by atoms with Gasteiger partial charge in [-0.1, -0.05) is 30.6 Å². The molecule has 0 saturated heterocycles. The summed E-state index contributed by atoms with van der Waals surface area (Å²) in [4.78, 5) is 62.4. The molecule has 12 nitrogen and oxygen atoms in total. The molecule has 0 aliphatic carbocycles. The summed E-state index contributed by atoms with van der Waals surface area (Å²) in [5, 5.41) is 31.4. The maximum absolute atomic E-state index is 13.1. The monoisotopic (exact) mass is 553 g/mol. The molecule has 6 N–H and O–H groups in total. The van der Waals surface area contributed by atoms with Crippen molar-refractivity contribution in [2.24, 2.45) is 11.3 Å². The highest BCUT2D eigenvalue weighted by Crippen LogP contribution is 2.41. The number of rotatable bonds is 9. The Labute approximate surface area is 230 Å². The van der Waals surface area contributed by atoms with Crippen LogP contribution in [0.3, 0.4) is 0 Å². The summed E-state index contributed by atoms with van der Waals surface area (Å²) in [7, 11) is 0. The summed E-state index contributed by atoms with van der Waals surface area (Å²) >= 11 is 0. The van der Waals surface area contributed by atoms with Crippen LogP contribution < -0.4 is 20.8 Å². The number of aromatic carboxylic acids is 1. The van der Waals surface area contributed by atoms with Gasteiger partial charge in [-0.3, -0.25) is 19.6 Å². The largest absolute Gasteiger partial charge is 0.549 e. The fourth-order valence-electron chi connectivity index (χ4n) is 4.87. The molecule has 1 heterocycles. The SMILES string of the molecule is CC(C)CC(C)(C(=O)NO)C(=O)N[C@H](C)CC1=C[N+](NC(=O)c2ccc(C(=O)O)cc2)(C(=O)O)c2ccccc21. The quantitative estimate of drug-likeness (QED) is 0.118. The Kier molecular flexibility index (Phi) is 8.76. The van der Waals surface area contributed by atoms with Gasteiger partial charge in [0, 0.05) is 28.8 Å². The van der Waals surface area contributed by atoms with E-state index in [0.29, 0.717) is 11.1 Å². The zero-order valence-corrected chi connectivity index (χ0v) is 22.6. The average Bonchev–Trinajstić information content (AvgIpc) is 3.21. The maximum Gasteiger partial charge on any atom is 0.549 e. The van der Waals surface area contributed by atoms with Gasteiger partial charge in [0.25, 0.3) is 11.8 Å². The summed E-state index contributed by atoms with van der Waals surface area (Å²) in [6.45, 7) is 6.83. The number of carboxylic acids is 1. The third-order valence-electron chi connectivity index (χ3n) is 6.78. The van der Waals surface area contributed by atoms with E-state index in [1.165, 1.54) is 37.4 Å². The molecule has 3 atom stereocenters. The molecule has 0 bridgehead atoms. The third-order valence-corrected chi connectivity index (χ3v) is 6.78. The van der Waals surface area contributed by atoms with Crippen molar-refractivity contribution in [3.8, 4) is 0 Å². The van der Waals surface area contributed by atoms with Gasteiger partial charge in [-0.05, 0) is 62.9 Å². The average molecular weight is 554 g/mol. The van der Waals surface area contributed by atoms with Crippen LogP contribution in [0.4, 0.5) is 10.5 Å². The number of fused-ring (bicyclic) bond motifs is 1. The Morgan fingerprint density at radius 3 is 2.05 bits per heavy atom. The maximum atomic E-state index is 13.1. The second-order valence-electron chi connectivity index (χ2n) is 10.4. The van der Waals surface area contributed by atoms with Crippen molar-refractivity contribution in [3.05, 3.63) is 71.4 Å². The molecule has 0 aromatic heterocycles. The first kappa shape index (κ1) is 30.0. The molecule has 4 amide bonds. The zero-order valence-electron chi connectivity index (χ0n) is 22.6. The van der Waals surface area contributed by atoms with E-state index in [1.807, 2.05) is 13.8 Å². The van der Waals surface area contributed by atoms with Gasteiger partial charge in [-0.15, -0.1) is 0 Å². The second-order valence-corrected chi connectivity index (χ2v) is 10.4. The smallest absolute Gasteiger partial charge is 0.478 e. The molecule has 0 fully saturated rings. The van der Waals surface area contributed by atoms with Gasteiger partial charge in [0.1, 0.15) is 11.6 Å². The van der Waals surface area contributed by atoms with E-state index in [2.05, 4.69) is 10.7 Å². The Morgan fingerprint density at radius 2 is 1.50 bits per heavy atom. The van der Waals surface area contributed by atoms with Gasteiger partial charge in [-0.2, -0.15) is 10.2 Å². The van der Waals surface area contributed by atoms with Crippen LogP contribution in [0.15, 0.2) is 54.7 Å². The fourth-order valence-corrected chi connectivity index (χ4v) is 4.87. The molecular weight excluding hydrogens is 520 g/mol. The molecule has 1 aliphatic rings. The number of benzene rings is 2. The van der Waals surface area contributed by atoms with E-state index in [1.54, 1.807) is 36.7 Å². The minimum absolute atomic E-state index is 0.0230. The molecule has 1 aliphatic heterocycles. The summed E-state index contributed by atoms with van der Waals surface area (Å²) in [5.74, 6) is -3.36. The van der Waals surface area contributed by atoms with Gasteiger partial charge >= 0.3 is 12.1 Å². The van der Waals surface area contributed by atoms with Crippen molar-refractivity contribution in [2.45, 2.75) is 46.6 Å². The first-order valence-corrected chi connectivity index (χ1v) is 12.6. The molecule has 0 radical (unpaired) electrons. The van der Waals surface area contributed by atoms with Crippen molar-refractivity contribution in [3.63, 3.8) is 0 Å². The van der Waals surface area contributed by atoms with Crippen molar-refractivity contribution in [2.75, 3.05) is 0 Å². The molecule has 0 saturated carbocycles. The number of para-hydroxylation sites is 1. The lowest BCUT2D eigenvalue weighted by Crippen LogP contribution is -2.60. The van der Waals surface area contributed by atoms with Crippen LogP contribution in [0.1, 0.15) is 66.8 Å². The molecule has 2 aromatic carbocycles. The minimum atomic E-state index is -1.54. The normalized spacial score (nSPS) is 18.1. The number of hydroxylamine groups is 1. The van der Waals surface area contributed by atoms with Crippen LogP contribution in [-0.4, -0.2) is 51.2 Å². The predicted octanol–water partition coefficient (Wildman–Crippen LogP) is 3.52. The molecule has 40 heavy (non-hydrogen) atoms. The lowest BCUT2D eigenvalue weighted by molar-refractivity contribution is -0.149. The van der Waals surface area contributed by atoms with E-state index >= 15 is 0 Å². The molecule has 12 heteroatoms. The first-order chi connectivity index (χ1) is 18.7. The van der Waals surface area contributed by atoms with Crippen LogP contribution in [-0.2, 0) is 9.59 Å². The van der Waals surface area contributed by atoms with Crippen molar-refractivity contribution >= 4 is 41.0 Å². The molecular formula is C28H33N4O8+. The second kappa shape index (κ2) is 11.7. The Bertz CT molecular complexity index is 1370. The number of carboxylic acid groups (broad SMARTS) is 2. The summed E-state index contributed by atoms with van der Waals surface area (Å²) in [6.07, 6.45) is 0.325. The Hall–Kier alpha value is -4.55. The standard InChI is InChI=1S/C28H32N4O8/c1-16(2)14-28(4,26(37)31-40)25(36)29-17(3)13-20-15-32(27(38)39,22-8-6-5-7-21(20)22)30-23(33)18-9-11-19(12-10-18)24(34)35/h5-12,15-17H,13-14H2,1-4H3,(H5-,29,30,31,33,34,35,36,37,38,39,40)/p+1/t17-,28?,32?/m1/s1. The first-order valence-electron chi connectivity index (χ1n) is 12.6. The Morgan fingerprint density at radius 1 is 0.900 bits per heavy atom. The number of hydrogen-bond donors (Lipinski definition) is 6. The van der Waals surface area contributed by atoms with Crippen LogP contribution >= 0.6 is 0 Å². The van der Waals surface area contributed by atoms with Crippen molar-refractivity contribution in [1.29, 1.82) is 0 Å². The number of carbonyl (C=O) groups is 5. The van der Waals surface area contributed by atoms with Crippen LogP contribution in [0.25, 0.3) is 5.57 Å². The van der Waals surface area contributed by atoms with E-state index in [9.17, 15) is 34.3 Å². The van der Waals surface area contributed by atoms with Crippen LogP contribution in [0.5, 0.6) is 0 Å². The van der Waals surface area contributed by atoms with Crippen molar-refractivity contribution in [1.82, 2.24) is 20.8 Å². The zero-order chi connectivity index (χ0) is 29.8. The van der Waals surface area contributed by atoms with E-state index in [0.717, 1.165) is 0 Å². The lowest BCUT2D eigenvalue weighted by Gasteiger charge is -2.29. The number of hydrogen-bond acceptors (Lipinski definition) is 6. The van der Waals surface area contributed by atoms with Gasteiger partial charge in [-0.25, -0.2) is 10.3 Å². The summed E-state index contributed by atoms with van der Waals surface area (Å²) in [6, 6.07) is 11.1. The van der Waals surface area contributed by atoms with Gasteiger partial charge in [0.2, 0.25) is 5.91 Å². The minimum Gasteiger partial charge on any atom is -0.478 e. The number of carbonyl (C=O) groups excluding carboxylic acids is 3. The highest BCUT2D eigenvalue weighted by molar-refractivity contribution is 6.05. The van der Waals surface area contributed by atoms with Crippen LogP contribution in [0.2, 0.25) is 0 Å². The topological polar surface area (TPSA) is 182 Å². The molecule has 0 spiro atoms. The molecule has 2 unspecified atom stereocenters. The highest BCUT2D eigenvalue weighted by Gasteiger charge is 2.49. The molecule has 3 rings (SSSR count). The number of nitrogens with zero attached hydrogens (tertiary/aromatic N) is 1. The van der Waals surface area contributed by atoms with E-state index < -0.39 is 45.8 Å². The number of quaternary nitrogens is 1. The number of amides is 4. The fraction of sp³-hybridized carbons (Fsp3) is 0.321. The van der Waals surface area contributed by atoms with Gasteiger partial charge in [0.15, 0.2) is 5.69 Å². The van der Waals surface area contributed by atoms with Crippen LogP contribution in [0, 0.1) is 11.3 Å².